The highest BCUT2D eigenvalue weighted by Crippen LogP contribution is 2.30. The quantitative estimate of drug-likeness (QED) is 0.834. The number of carbonyl (C=O) groups excluding carboxylic acids is 1. The van der Waals surface area contributed by atoms with Gasteiger partial charge in [-0.05, 0) is 56.6 Å². The van der Waals surface area contributed by atoms with E-state index in [1.165, 1.54) is 37.1 Å². The van der Waals surface area contributed by atoms with Crippen LogP contribution < -0.4 is 0 Å². The van der Waals surface area contributed by atoms with Gasteiger partial charge in [0.15, 0.2) is 0 Å². The number of nitrogens with zero attached hydrogens (tertiary/aromatic N) is 2. The molecule has 2 aliphatic rings. The number of likely N-dealkylation sites (tertiary alicyclic amines) is 2. The van der Waals surface area contributed by atoms with E-state index in [0.717, 1.165) is 19.5 Å². The van der Waals surface area contributed by atoms with Crippen LogP contribution in [0.25, 0.3) is 0 Å². The van der Waals surface area contributed by atoms with E-state index in [1.807, 2.05) is 0 Å². The van der Waals surface area contributed by atoms with Crippen molar-refractivity contribution in [2.75, 3.05) is 19.6 Å². The lowest BCUT2D eigenvalue weighted by Gasteiger charge is -2.34. The zero-order valence-corrected chi connectivity index (χ0v) is 13.8. The topological polar surface area (TPSA) is 23.6 Å². The van der Waals surface area contributed by atoms with Crippen LogP contribution in [0, 0.1) is 0 Å². The first-order valence-electron chi connectivity index (χ1n) is 8.35. The molecule has 2 fully saturated rings. The molecular weight excluding hydrogens is 280 g/mol. The van der Waals surface area contributed by atoms with Gasteiger partial charge in [0.25, 0.3) is 0 Å². The first kappa shape index (κ1) is 15.0. The Morgan fingerprint density at radius 1 is 1.29 bits per heavy atom. The standard InChI is InChI=1S/C17H26N2OS/c1-2-18-11-3-7-15(18)16-8-4-12-19(16)17(20)10-9-14-6-5-13-21-14/h5-6,13,15-16H,2-4,7-12H2,1H3/t15-,16-/m0/s1. The minimum absolute atomic E-state index is 0.369. The van der Waals surface area contributed by atoms with Crippen molar-refractivity contribution >= 4 is 17.2 Å². The Kier molecular flexibility index (Phi) is 4.96. The van der Waals surface area contributed by atoms with Gasteiger partial charge in [-0.3, -0.25) is 9.69 Å². The second kappa shape index (κ2) is 6.93. The Hall–Kier alpha value is -0.870. The smallest absolute Gasteiger partial charge is 0.223 e. The van der Waals surface area contributed by atoms with E-state index in [0.29, 0.717) is 24.4 Å². The highest BCUT2D eigenvalue weighted by Gasteiger charge is 2.38. The van der Waals surface area contributed by atoms with Crippen LogP contribution in [0.3, 0.4) is 0 Å². The van der Waals surface area contributed by atoms with Crippen LogP contribution in [0.2, 0.25) is 0 Å². The van der Waals surface area contributed by atoms with Gasteiger partial charge in [-0.15, -0.1) is 11.3 Å². The van der Waals surface area contributed by atoms with E-state index >= 15 is 0 Å². The maximum absolute atomic E-state index is 12.6. The predicted octanol–water partition coefficient (Wildman–Crippen LogP) is 3.16. The second-order valence-corrected chi connectivity index (χ2v) is 7.25. The van der Waals surface area contributed by atoms with Gasteiger partial charge in [-0.1, -0.05) is 13.0 Å². The number of likely N-dealkylation sites (N-methyl/N-ethyl adjacent to an activating group) is 1. The summed E-state index contributed by atoms with van der Waals surface area (Å²) in [6.07, 6.45) is 6.53. The molecule has 0 radical (unpaired) electrons. The van der Waals surface area contributed by atoms with E-state index < -0.39 is 0 Å². The summed E-state index contributed by atoms with van der Waals surface area (Å²) in [6, 6.07) is 5.29. The minimum atomic E-state index is 0.369. The van der Waals surface area contributed by atoms with Crippen molar-refractivity contribution in [3.05, 3.63) is 22.4 Å². The number of thiophene rings is 1. The van der Waals surface area contributed by atoms with Gasteiger partial charge in [0.1, 0.15) is 0 Å². The van der Waals surface area contributed by atoms with Crippen LogP contribution in [0.5, 0.6) is 0 Å². The summed E-state index contributed by atoms with van der Waals surface area (Å²) in [7, 11) is 0. The number of aryl methyl sites for hydroxylation is 1. The lowest BCUT2D eigenvalue weighted by molar-refractivity contribution is -0.133. The Bertz CT molecular complexity index is 459. The second-order valence-electron chi connectivity index (χ2n) is 6.21. The van der Waals surface area contributed by atoms with E-state index in [9.17, 15) is 4.79 Å². The van der Waals surface area contributed by atoms with Gasteiger partial charge in [0.05, 0.1) is 0 Å². The molecule has 1 aromatic heterocycles. The average Bonchev–Trinajstić information content (AvgIpc) is 3.23. The fourth-order valence-electron chi connectivity index (χ4n) is 4.01. The molecule has 3 rings (SSSR count). The van der Waals surface area contributed by atoms with Crippen molar-refractivity contribution in [2.24, 2.45) is 0 Å². The van der Waals surface area contributed by atoms with E-state index in [1.54, 1.807) is 11.3 Å². The zero-order valence-electron chi connectivity index (χ0n) is 13.0. The Morgan fingerprint density at radius 3 is 2.86 bits per heavy atom. The van der Waals surface area contributed by atoms with Crippen molar-refractivity contribution in [3.8, 4) is 0 Å². The molecule has 0 aliphatic carbocycles. The molecule has 116 valence electrons. The first-order chi connectivity index (χ1) is 10.3. The summed E-state index contributed by atoms with van der Waals surface area (Å²) in [4.78, 5) is 18.7. The molecule has 0 N–H and O–H groups in total. The number of rotatable bonds is 5. The third-order valence-corrected chi connectivity index (χ3v) is 5.99. The average molecular weight is 306 g/mol. The molecule has 4 heteroatoms. The summed E-state index contributed by atoms with van der Waals surface area (Å²) in [5.74, 6) is 0.369. The lowest BCUT2D eigenvalue weighted by atomic mass is 10.0. The maximum Gasteiger partial charge on any atom is 0.223 e. The van der Waals surface area contributed by atoms with Crippen molar-refractivity contribution in [2.45, 2.75) is 57.5 Å². The first-order valence-corrected chi connectivity index (χ1v) is 9.23. The van der Waals surface area contributed by atoms with E-state index in [2.05, 4.69) is 34.2 Å². The molecule has 2 aliphatic heterocycles. The monoisotopic (exact) mass is 306 g/mol. The van der Waals surface area contributed by atoms with Crippen LogP contribution in [0.15, 0.2) is 17.5 Å². The molecule has 2 saturated heterocycles. The van der Waals surface area contributed by atoms with Crippen molar-refractivity contribution in [1.29, 1.82) is 0 Å². The molecule has 0 unspecified atom stereocenters. The molecule has 3 heterocycles. The van der Waals surface area contributed by atoms with Crippen molar-refractivity contribution in [1.82, 2.24) is 9.80 Å². The van der Waals surface area contributed by atoms with Crippen molar-refractivity contribution in [3.63, 3.8) is 0 Å². The fraction of sp³-hybridized carbons (Fsp3) is 0.706. The SMILES string of the molecule is CCN1CCC[C@H]1[C@@H]1CCCN1C(=O)CCc1cccs1. The lowest BCUT2D eigenvalue weighted by Crippen LogP contribution is -2.48. The van der Waals surface area contributed by atoms with Gasteiger partial charge >= 0.3 is 0 Å². The summed E-state index contributed by atoms with van der Waals surface area (Å²) in [5, 5.41) is 2.09. The van der Waals surface area contributed by atoms with Gasteiger partial charge < -0.3 is 4.90 Å². The van der Waals surface area contributed by atoms with Gasteiger partial charge in [-0.2, -0.15) is 0 Å². The van der Waals surface area contributed by atoms with Crippen LogP contribution in [-0.2, 0) is 11.2 Å². The predicted molar refractivity (Wildman–Crippen MR) is 87.6 cm³/mol. The molecule has 0 aromatic carbocycles. The number of amides is 1. The van der Waals surface area contributed by atoms with Crippen molar-refractivity contribution < 1.29 is 4.79 Å². The molecule has 0 bridgehead atoms. The number of hydrogen-bond donors (Lipinski definition) is 0. The van der Waals surface area contributed by atoms with Crippen LogP contribution >= 0.6 is 11.3 Å². The molecular formula is C17H26N2OS. The molecule has 2 atom stereocenters. The van der Waals surface area contributed by atoms with Crippen LogP contribution in [-0.4, -0.2) is 47.4 Å². The van der Waals surface area contributed by atoms with E-state index in [-0.39, 0.29) is 0 Å². The summed E-state index contributed by atoms with van der Waals surface area (Å²) >= 11 is 1.76. The third kappa shape index (κ3) is 3.32. The molecule has 21 heavy (non-hydrogen) atoms. The van der Waals surface area contributed by atoms with Gasteiger partial charge in [0.2, 0.25) is 5.91 Å². The zero-order chi connectivity index (χ0) is 14.7. The molecule has 3 nitrogen and oxygen atoms in total. The fourth-order valence-corrected chi connectivity index (χ4v) is 4.72. The number of carbonyl (C=O) groups is 1. The Morgan fingerprint density at radius 2 is 2.10 bits per heavy atom. The van der Waals surface area contributed by atoms with E-state index in [4.69, 9.17) is 0 Å². The van der Waals surface area contributed by atoms with Gasteiger partial charge in [0, 0.05) is 29.9 Å². The largest absolute Gasteiger partial charge is 0.338 e. The summed E-state index contributed by atoms with van der Waals surface area (Å²) in [6.45, 7) is 5.56. The normalized spacial score (nSPS) is 26.6. The number of hydrogen-bond acceptors (Lipinski definition) is 3. The van der Waals surface area contributed by atoms with Crippen LogP contribution in [0.1, 0.15) is 43.9 Å². The Balaban J connectivity index is 1.59. The molecule has 0 saturated carbocycles. The van der Waals surface area contributed by atoms with Crippen LogP contribution in [0.4, 0.5) is 0 Å². The highest BCUT2D eigenvalue weighted by molar-refractivity contribution is 7.09. The summed E-state index contributed by atoms with van der Waals surface area (Å²) < 4.78 is 0. The molecule has 1 aromatic rings. The molecule has 0 spiro atoms. The Labute approximate surface area is 131 Å². The molecule has 1 amide bonds. The third-order valence-electron chi connectivity index (χ3n) is 5.05. The maximum atomic E-state index is 12.6. The highest BCUT2D eigenvalue weighted by atomic mass is 32.1. The van der Waals surface area contributed by atoms with Gasteiger partial charge in [-0.25, -0.2) is 0 Å². The minimum Gasteiger partial charge on any atom is -0.338 e. The summed E-state index contributed by atoms with van der Waals surface area (Å²) in [5.41, 5.74) is 0.